The normalized spacial score (nSPS) is 11.8. The van der Waals surface area contributed by atoms with Crippen LogP contribution in [0, 0.1) is 0 Å². The Balaban J connectivity index is 2.01. The van der Waals surface area contributed by atoms with Gasteiger partial charge in [-0.3, -0.25) is 9.59 Å². The zero-order valence-electron chi connectivity index (χ0n) is 13.5. The smallest absolute Gasteiger partial charge is 0.263 e. The molecule has 1 aromatic heterocycles. The van der Waals surface area contributed by atoms with E-state index in [0.717, 1.165) is 5.69 Å². The van der Waals surface area contributed by atoms with E-state index < -0.39 is 12.0 Å². The quantitative estimate of drug-likeness (QED) is 0.860. The first-order valence-corrected chi connectivity index (χ1v) is 7.29. The predicted molar refractivity (Wildman–Crippen MR) is 89.7 cm³/mol. The summed E-state index contributed by atoms with van der Waals surface area (Å²) in [5.74, 6) is -0.491. The number of hydrogen-bond acceptors (Lipinski definition) is 4. The van der Waals surface area contributed by atoms with E-state index >= 15 is 0 Å². The zero-order valence-corrected chi connectivity index (χ0v) is 13.5. The first-order chi connectivity index (χ1) is 10.9. The van der Waals surface area contributed by atoms with Crippen molar-refractivity contribution in [2.24, 2.45) is 7.05 Å². The molecule has 23 heavy (non-hydrogen) atoms. The van der Waals surface area contributed by atoms with E-state index in [9.17, 15) is 14.7 Å². The second-order valence-electron chi connectivity index (χ2n) is 5.55. The number of nitrogens with zero attached hydrogens (tertiary/aromatic N) is 2. The highest BCUT2D eigenvalue weighted by Crippen LogP contribution is 2.17. The highest BCUT2D eigenvalue weighted by Gasteiger charge is 2.14. The van der Waals surface area contributed by atoms with Crippen LogP contribution in [-0.4, -0.2) is 36.2 Å². The summed E-state index contributed by atoms with van der Waals surface area (Å²) in [5.41, 5.74) is 1.43. The number of anilines is 1. The number of pyridine rings is 1. The maximum atomic E-state index is 12.1. The van der Waals surface area contributed by atoms with E-state index in [2.05, 4.69) is 5.32 Å². The van der Waals surface area contributed by atoms with Gasteiger partial charge in [0.25, 0.3) is 11.5 Å². The lowest BCUT2D eigenvalue weighted by Gasteiger charge is -2.15. The van der Waals surface area contributed by atoms with Gasteiger partial charge in [-0.1, -0.05) is 12.1 Å². The van der Waals surface area contributed by atoms with Crippen LogP contribution in [0.5, 0.6) is 0 Å². The van der Waals surface area contributed by atoms with Gasteiger partial charge in [-0.25, -0.2) is 0 Å². The third-order valence-electron chi connectivity index (χ3n) is 3.62. The Bertz CT molecular complexity index is 735. The standard InChI is InChI=1S/C17H21N3O3/c1-19(2)13-8-6-12(7-9-13)15(21)11-18-16(22)14-5-4-10-20(3)17(14)23/h4-10,15,21H,11H2,1-3H3,(H,18,22). The van der Waals surface area contributed by atoms with Crippen LogP contribution < -0.4 is 15.8 Å². The number of hydrogen-bond donors (Lipinski definition) is 2. The van der Waals surface area contributed by atoms with Crippen LogP contribution in [0.25, 0.3) is 0 Å². The highest BCUT2D eigenvalue weighted by atomic mass is 16.3. The monoisotopic (exact) mass is 315 g/mol. The van der Waals surface area contributed by atoms with Gasteiger partial charge in [0.15, 0.2) is 0 Å². The van der Waals surface area contributed by atoms with Gasteiger partial charge in [0, 0.05) is 39.6 Å². The minimum absolute atomic E-state index is 0.0399. The first kappa shape index (κ1) is 16.8. The lowest BCUT2D eigenvalue weighted by Crippen LogP contribution is -2.34. The molecule has 1 unspecified atom stereocenters. The number of carbonyl (C=O) groups is 1. The van der Waals surface area contributed by atoms with Crippen molar-refractivity contribution in [2.75, 3.05) is 25.5 Å². The molecular formula is C17H21N3O3. The number of aliphatic hydroxyl groups excluding tert-OH is 1. The summed E-state index contributed by atoms with van der Waals surface area (Å²) in [7, 11) is 5.46. The molecule has 6 nitrogen and oxygen atoms in total. The van der Waals surface area contributed by atoms with Crippen LogP contribution >= 0.6 is 0 Å². The van der Waals surface area contributed by atoms with E-state index in [-0.39, 0.29) is 17.7 Å². The Hall–Kier alpha value is -2.60. The Morgan fingerprint density at radius 3 is 2.52 bits per heavy atom. The van der Waals surface area contributed by atoms with Crippen molar-refractivity contribution in [3.05, 3.63) is 64.1 Å². The van der Waals surface area contributed by atoms with Gasteiger partial charge in [0.05, 0.1) is 6.10 Å². The van der Waals surface area contributed by atoms with Gasteiger partial charge in [-0.05, 0) is 29.8 Å². The Kier molecular flexibility index (Phi) is 5.18. The number of carbonyl (C=O) groups excluding carboxylic acids is 1. The van der Waals surface area contributed by atoms with Crippen LogP contribution in [0.3, 0.4) is 0 Å². The Morgan fingerprint density at radius 1 is 1.26 bits per heavy atom. The van der Waals surface area contributed by atoms with Gasteiger partial charge in [-0.15, -0.1) is 0 Å². The molecule has 122 valence electrons. The fourth-order valence-corrected chi connectivity index (χ4v) is 2.17. The molecule has 6 heteroatoms. The molecule has 0 aliphatic heterocycles. The van der Waals surface area contributed by atoms with Crippen LogP contribution in [0.4, 0.5) is 5.69 Å². The van der Waals surface area contributed by atoms with Crippen molar-refractivity contribution < 1.29 is 9.90 Å². The minimum Gasteiger partial charge on any atom is -0.387 e. The molecule has 0 fully saturated rings. The molecule has 1 amide bonds. The average Bonchev–Trinajstić information content (AvgIpc) is 2.55. The van der Waals surface area contributed by atoms with Crippen molar-refractivity contribution in [3.63, 3.8) is 0 Å². The number of amides is 1. The van der Waals surface area contributed by atoms with Gasteiger partial charge in [-0.2, -0.15) is 0 Å². The van der Waals surface area contributed by atoms with E-state index in [1.54, 1.807) is 19.3 Å². The molecule has 0 saturated heterocycles. The SMILES string of the molecule is CN(C)c1ccc(C(O)CNC(=O)c2cccn(C)c2=O)cc1. The second-order valence-corrected chi connectivity index (χ2v) is 5.55. The maximum absolute atomic E-state index is 12.1. The summed E-state index contributed by atoms with van der Waals surface area (Å²) in [6.07, 6.45) is 0.753. The number of aliphatic hydroxyl groups is 1. The number of nitrogens with one attached hydrogen (secondary N) is 1. The van der Waals surface area contributed by atoms with Crippen LogP contribution in [0.1, 0.15) is 22.0 Å². The lowest BCUT2D eigenvalue weighted by molar-refractivity contribution is 0.0914. The summed E-state index contributed by atoms with van der Waals surface area (Å²) < 4.78 is 1.34. The summed E-state index contributed by atoms with van der Waals surface area (Å²) in [6, 6.07) is 10.5. The Labute approximate surface area is 135 Å². The topological polar surface area (TPSA) is 74.6 Å². The molecule has 0 saturated carbocycles. The molecule has 2 aromatic rings. The molecule has 0 radical (unpaired) electrons. The molecule has 0 aliphatic rings. The van der Waals surface area contributed by atoms with Gasteiger partial charge < -0.3 is 19.9 Å². The Morgan fingerprint density at radius 2 is 1.91 bits per heavy atom. The fourth-order valence-electron chi connectivity index (χ4n) is 2.17. The average molecular weight is 315 g/mol. The zero-order chi connectivity index (χ0) is 17.0. The number of benzene rings is 1. The number of aryl methyl sites for hydroxylation is 1. The third kappa shape index (κ3) is 3.98. The second kappa shape index (κ2) is 7.11. The molecule has 0 spiro atoms. The molecule has 2 rings (SSSR count). The molecule has 1 atom stereocenters. The molecule has 0 bridgehead atoms. The number of rotatable bonds is 5. The molecule has 1 aromatic carbocycles. The third-order valence-corrected chi connectivity index (χ3v) is 3.62. The molecule has 0 aliphatic carbocycles. The van der Waals surface area contributed by atoms with Crippen LogP contribution in [0.2, 0.25) is 0 Å². The van der Waals surface area contributed by atoms with E-state index in [1.807, 2.05) is 43.3 Å². The van der Waals surface area contributed by atoms with E-state index in [0.29, 0.717) is 5.56 Å². The lowest BCUT2D eigenvalue weighted by atomic mass is 10.1. The molecule has 2 N–H and O–H groups in total. The predicted octanol–water partition coefficient (Wildman–Crippen LogP) is 0.915. The van der Waals surface area contributed by atoms with Crippen LogP contribution in [-0.2, 0) is 7.05 Å². The molecular weight excluding hydrogens is 294 g/mol. The van der Waals surface area contributed by atoms with Gasteiger partial charge >= 0.3 is 0 Å². The van der Waals surface area contributed by atoms with Crippen molar-refractivity contribution in [2.45, 2.75) is 6.10 Å². The van der Waals surface area contributed by atoms with E-state index in [4.69, 9.17) is 0 Å². The number of aromatic nitrogens is 1. The first-order valence-electron chi connectivity index (χ1n) is 7.29. The minimum atomic E-state index is -0.831. The summed E-state index contributed by atoms with van der Waals surface area (Å²) in [6.45, 7) is 0.0399. The maximum Gasteiger partial charge on any atom is 0.263 e. The highest BCUT2D eigenvalue weighted by molar-refractivity contribution is 5.93. The summed E-state index contributed by atoms with van der Waals surface area (Å²) in [5, 5.41) is 12.7. The van der Waals surface area contributed by atoms with Crippen molar-refractivity contribution in [1.82, 2.24) is 9.88 Å². The fraction of sp³-hybridized carbons (Fsp3) is 0.294. The van der Waals surface area contributed by atoms with Crippen LogP contribution in [0.15, 0.2) is 47.4 Å². The van der Waals surface area contributed by atoms with Gasteiger partial charge in [0.1, 0.15) is 5.56 Å². The van der Waals surface area contributed by atoms with E-state index in [1.165, 1.54) is 10.6 Å². The van der Waals surface area contributed by atoms with Gasteiger partial charge in [0.2, 0.25) is 0 Å². The molecule has 1 heterocycles. The van der Waals surface area contributed by atoms with Crippen molar-refractivity contribution >= 4 is 11.6 Å². The van der Waals surface area contributed by atoms with Crippen molar-refractivity contribution in [1.29, 1.82) is 0 Å². The van der Waals surface area contributed by atoms with Crippen molar-refractivity contribution in [3.8, 4) is 0 Å². The summed E-state index contributed by atoms with van der Waals surface area (Å²) in [4.78, 5) is 25.9. The summed E-state index contributed by atoms with van der Waals surface area (Å²) >= 11 is 0. The largest absolute Gasteiger partial charge is 0.387 e.